The highest BCUT2D eigenvalue weighted by atomic mass is 32.2. The van der Waals surface area contributed by atoms with E-state index >= 15 is 0 Å². The molecule has 1 amide bonds. The van der Waals surface area contributed by atoms with Crippen LogP contribution in [0.5, 0.6) is 0 Å². The fraction of sp³-hybridized carbons (Fsp3) is 0.421. The molecule has 0 spiro atoms. The molecule has 27 heavy (non-hydrogen) atoms. The van der Waals surface area contributed by atoms with E-state index in [1.54, 1.807) is 23.5 Å². The minimum Gasteiger partial charge on any atom is -0.354 e. The Bertz CT molecular complexity index is 864. The summed E-state index contributed by atoms with van der Waals surface area (Å²) in [5.74, 6) is 0.0262. The fourth-order valence-electron chi connectivity index (χ4n) is 3.55. The highest BCUT2D eigenvalue weighted by Gasteiger charge is 2.32. The number of carbonyl (C=O) groups excluding carboxylic acids is 1. The van der Waals surface area contributed by atoms with Crippen molar-refractivity contribution in [3.05, 3.63) is 52.2 Å². The lowest BCUT2D eigenvalue weighted by Crippen LogP contribution is -2.45. The van der Waals surface area contributed by atoms with Crippen LogP contribution >= 0.6 is 11.3 Å². The van der Waals surface area contributed by atoms with Gasteiger partial charge in [-0.05, 0) is 72.8 Å². The third kappa shape index (κ3) is 4.95. The van der Waals surface area contributed by atoms with Gasteiger partial charge in [0.05, 0.1) is 10.9 Å². The van der Waals surface area contributed by atoms with Gasteiger partial charge in [-0.3, -0.25) is 9.69 Å². The second kappa shape index (κ2) is 8.52. The molecule has 1 aliphatic heterocycles. The zero-order valence-electron chi connectivity index (χ0n) is 15.3. The number of thiophene rings is 1. The zero-order chi connectivity index (χ0) is 19.4. The molecule has 3 N–H and O–H groups in total. The third-order valence-electron chi connectivity index (χ3n) is 5.06. The molecule has 1 aromatic heterocycles. The summed E-state index contributed by atoms with van der Waals surface area (Å²) in [4.78, 5) is 14.9. The number of carbonyl (C=O) groups is 1. The van der Waals surface area contributed by atoms with Crippen LogP contribution in [0, 0.1) is 0 Å². The number of hydrogen-bond acceptors (Lipinski definition) is 5. The maximum Gasteiger partial charge on any atom is 0.238 e. The quantitative estimate of drug-likeness (QED) is 0.736. The number of nitrogens with two attached hydrogens (primary N) is 1. The largest absolute Gasteiger partial charge is 0.354 e. The van der Waals surface area contributed by atoms with Gasteiger partial charge < -0.3 is 5.32 Å². The van der Waals surface area contributed by atoms with Crippen molar-refractivity contribution >= 4 is 27.3 Å². The van der Waals surface area contributed by atoms with Gasteiger partial charge in [0.25, 0.3) is 0 Å². The van der Waals surface area contributed by atoms with Gasteiger partial charge >= 0.3 is 0 Å². The number of sulfonamides is 1. The zero-order valence-corrected chi connectivity index (χ0v) is 16.9. The van der Waals surface area contributed by atoms with Crippen molar-refractivity contribution in [2.75, 3.05) is 13.1 Å². The highest BCUT2D eigenvalue weighted by Crippen LogP contribution is 2.34. The highest BCUT2D eigenvalue weighted by molar-refractivity contribution is 7.89. The number of nitrogens with zero attached hydrogens (tertiary/aromatic N) is 1. The summed E-state index contributed by atoms with van der Waals surface area (Å²) in [6, 6.07) is 8.72. The first-order valence-electron chi connectivity index (χ1n) is 9.03. The number of amides is 1. The molecule has 0 unspecified atom stereocenters. The number of rotatable bonds is 7. The topological polar surface area (TPSA) is 92.5 Å². The molecule has 1 aliphatic rings. The van der Waals surface area contributed by atoms with Crippen LogP contribution in [0.1, 0.15) is 36.9 Å². The Labute approximate surface area is 164 Å². The smallest absolute Gasteiger partial charge is 0.238 e. The Balaban J connectivity index is 1.51. The molecule has 0 saturated carbocycles. The third-order valence-corrected chi connectivity index (χ3v) is 6.69. The number of likely N-dealkylation sites (tertiary alicyclic amines) is 1. The Morgan fingerprint density at radius 3 is 2.70 bits per heavy atom. The van der Waals surface area contributed by atoms with E-state index in [0.717, 1.165) is 24.9 Å². The van der Waals surface area contributed by atoms with Crippen LogP contribution in [0.4, 0.5) is 0 Å². The normalized spacial score (nSPS) is 19.1. The first kappa shape index (κ1) is 20.0. The predicted molar refractivity (Wildman–Crippen MR) is 107 cm³/mol. The molecule has 2 atom stereocenters. The summed E-state index contributed by atoms with van der Waals surface area (Å²) in [7, 11) is -3.67. The summed E-state index contributed by atoms with van der Waals surface area (Å²) in [5.41, 5.74) is 2.25. The molecule has 8 heteroatoms. The molecule has 0 radical (unpaired) electrons. The lowest BCUT2D eigenvalue weighted by atomic mass is 10.1. The number of hydrogen-bond donors (Lipinski definition) is 2. The first-order valence-corrected chi connectivity index (χ1v) is 11.5. The molecular weight excluding hydrogens is 382 g/mol. The lowest BCUT2D eigenvalue weighted by Gasteiger charge is -2.29. The Kier molecular flexibility index (Phi) is 6.31. The average molecular weight is 408 g/mol. The van der Waals surface area contributed by atoms with Crippen LogP contribution in [0.15, 0.2) is 46.0 Å². The van der Waals surface area contributed by atoms with Crippen molar-refractivity contribution in [1.29, 1.82) is 0 Å². The van der Waals surface area contributed by atoms with Gasteiger partial charge in [0.15, 0.2) is 0 Å². The number of benzene rings is 1. The van der Waals surface area contributed by atoms with E-state index in [-0.39, 0.29) is 16.8 Å². The molecule has 3 rings (SSSR count). The fourth-order valence-corrected chi connectivity index (χ4v) is 4.77. The molecule has 2 aromatic rings. The summed E-state index contributed by atoms with van der Waals surface area (Å²) in [5, 5.41) is 12.3. The van der Waals surface area contributed by atoms with E-state index < -0.39 is 10.0 Å². The van der Waals surface area contributed by atoms with Gasteiger partial charge in [-0.25, -0.2) is 13.6 Å². The van der Waals surface area contributed by atoms with E-state index in [2.05, 4.69) is 27.0 Å². The van der Waals surface area contributed by atoms with Crippen LogP contribution < -0.4 is 10.5 Å². The Hall–Kier alpha value is -1.74. The van der Waals surface area contributed by atoms with Crippen molar-refractivity contribution < 1.29 is 13.2 Å². The maximum absolute atomic E-state index is 12.6. The SMILES string of the molecule is C[C@H](C(=O)NCCc1ccc(S(N)(=O)=O)cc1)N1CCC[C@@H]1c1ccsc1. The molecule has 1 fully saturated rings. The van der Waals surface area contributed by atoms with Crippen molar-refractivity contribution in [2.45, 2.75) is 43.2 Å². The molecule has 1 saturated heterocycles. The molecule has 0 aliphatic carbocycles. The first-order chi connectivity index (χ1) is 12.9. The van der Waals surface area contributed by atoms with E-state index in [9.17, 15) is 13.2 Å². The molecule has 146 valence electrons. The van der Waals surface area contributed by atoms with Gasteiger partial charge in [-0.15, -0.1) is 0 Å². The van der Waals surface area contributed by atoms with Gasteiger partial charge in [0.2, 0.25) is 15.9 Å². The van der Waals surface area contributed by atoms with Crippen LogP contribution in [0.3, 0.4) is 0 Å². The van der Waals surface area contributed by atoms with Crippen LogP contribution in [0.25, 0.3) is 0 Å². The number of primary sulfonamides is 1. The monoisotopic (exact) mass is 407 g/mol. The van der Waals surface area contributed by atoms with Crippen LogP contribution in [-0.2, 0) is 21.2 Å². The average Bonchev–Trinajstić information content (AvgIpc) is 3.31. The minimum atomic E-state index is -3.67. The second-order valence-electron chi connectivity index (χ2n) is 6.86. The summed E-state index contributed by atoms with van der Waals surface area (Å²) in [6.45, 7) is 3.40. The Morgan fingerprint density at radius 2 is 2.07 bits per heavy atom. The van der Waals surface area contributed by atoms with Gasteiger partial charge in [0, 0.05) is 12.6 Å². The van der Waals surface area contributed by atoms with E-state index in [4.69, 9.17) is 5.14 Å². The number of nitrogens with one attached hydrogen (secondary N) is 1. The van der Waals surface area contributed by atoms with Gasteiger partial charge in [0.1, 0.15) is 0 Å². The minimum absolute atomic E-state index is 0.0262. The summed E-state index contributed by atoms with van der Waals surface area (Å²) >= 11 is 1.69. The molecule has 0 bridgehead atoms. The van der Waals surface area contributed by atoms with E-state index in [1.807, 2.05) is 6.92 Å². The second-order valence-corrected chi connectivity index (χ2v) is 9.20. The van der Waals surface area contributed by atoms with Gasteiger partial charge in [-0.2, -0.15) is 11.3 Å². The van der Waals surface area contributed by atoms with Gasteiger partial charge in [-0.1, -0.05) is 12.1 Å². The van der Waals surface area contributed by atoms with Crippen LogP contribution in [-0.4, -0.2) is 38.4 Å². The van der Waals surface area contributed by atoms with E-state index in [1.165, 1.54) is 17.7 Å². The van der Waals surface area contributed by atoms with Crippen molar-refractivity contribution in [3.63, 3.8) is 0 Å². The van der Waals surface area contributed by atoms with Crippen molar-refractivity contribution in [1.82, 2.24) is 10.2 Å². The lowest BCUT2D eigenvalue weighted by molar-refractivity contribution is -0.126. The van der Waals surface area contributed by atoms with Crippen LogP contribution in [0.2, 0.25) is 0 Å². The predicted octanol–water partition coefficient (Wildman–Crippen LogP) is 2.28. The summed E-state index contributed by atoms with van der Waals surface area (Å²) in [6.07, 6.45) is 2.83. The molecule has 1 aromatic carbocycles. The summed E-state index contributed by atoms with van der Waals surface area (Å²) < 4.78 is 22.6. The van der Waals surface area contributed by atoms with Crippen molar-refractivity contribution in [2.24, 2.45) is 5.14 Å². The molecular formula is C19H25N3O3S2. The Morgan fingerprint density at radius 1 is 1.33 bits per heavy atom. The maximum atomic E-state index is 12.6. The standard InChI is InChI=1S/C19H25N3O3S2/c1-14(22-11-2-3-18(22)16-9-12-26-13-16)19(23)21-10-8-15-4-6-17(7-5-15)27(20,24)25/h4-7,9,12-14,18H,2-3,8,10-11H2,1H3,(H,21,23)(H2,20,24,25)/t14-,18-/m1/s1. The van der Waals surface area contributed by atoms with Crippen molar-refractivity contribution in [3.8, 4) is 0 Å². The molecule has 2 heterocycles. The molecule has 6 nitrogen and oxygen atoms in total. The van der Waals surface area contributed by atoms with E-state index in [0.29, 0.717) is 19.0 Å².